The zero-order valence-corrected chi connectivity index (χ0v) is 11.9. The highest BCUT2D eigenvalue weighted by Crippen LogP contribution is 2.37. The Kier molecular flexibility index (Phi) is 4.09. The smallest absolute Gasteiger partial charge is 0.304 e. The summed E-state index contributed by atoms with van der Waals surface area (Å²) in [6, 6.07) is 6.85. The second kappa shape index (κ2) is 5.79. The molecule has 2 aromatic rings. The summed E-state index contributed by atoms with van der Waals surface area (Å²) in [5, 5.41) is 11.5. The van der Waals surface area contributed by atoms with Crippen LogP contribution in [0.25, 0.3) is 0 Å². The molecule has 0 aliphatic carbocycles. The molecule has 0 unspecified atom stereocenters. The molecule has 2 rings (SSSR count). The third-order valence-corrected chi connectivity index (χ3v) is 4.05. The molecular weight excluding hydrogens is 278 g/mol. The minimum Gasteiger partial charge on any atom is -0.355 e. The van der Waals surface area contributed by atoms with E-state index < -0.39 is 4.92 Å². The van der Waals surface area contributed by atoms with Crippen LogP contribution in [0, 0.1) is 10.1 Å². The molecule has 0 saturated heterocycles. The van der Waals surface area contributed by atoms with Crippen LogP contribution in [0.5, 0.6) is 0 Å². The van der Waals surface area contributed by atoms with E-state index in [-0.39, 0.29) is 11.5 Å². The lowest BCUT2D eigenvalue weighted by atomic mass is 10.3. The van der Waals surface area contributed by atoms with Gasteiger partial charge >= 0.3 is 5.69 Å². The van der Waals surface area contributed by atoms with Gasteiger partial charge in [-0.15, -0.1) is 11.3 Å². The average molecular weight is 291 g/mol. The summed E-state index contributed by atoms with van der Waals surface area (Å²) >= 11 is 1.13. The molecule has 0 atom stereocenters. The van der Waals surface area contributed by atoms with E-state index in [9.17, 15) is 14.9 Å². The maximum atomic E-state index is 11.4. The third kappa shape index (κ3) is 3.00. The average Bonchev–Trinajstić information content (AvgIpc) is 2.85. The van der Waals surface area contributed by atoms with Gasteiger partial charge < -0.3 is 4.90 Å². The van der Waals surface area contributed by atoms with Crippen LogP contribution in [0.1, 0.15) is 22.3 Å². The van der Waals surface area contributed by atoms with Gasteiger partial charge in [0.1, 0.15) is 0 Å². The number of carbonyl (C=O) groups is 1. The molecule has 6 nitrogen and oxygen atoms in total. The number of ketones is 1. The van der Waals surface area contributed by atoms with Gasteiger partial charge in [-0.2, -0.15) is 0 Å². The van der Waals surface area contributed by atoms with Crippen LogP contribution in [0.3, 0.4) is 0 Å². The topological polar surface area (TPSA) is 76.3 Å². The molecule has 0 spiro atoms. The minimum absolute atomic E-state index is 0.0429. The van der Waals surface area contributed by atoms with Crippen LogP contribution >= 0.6 is 11.3 Å². The fourth-order valence-electron chi connectivity index (χ4n) is 1.76. The van der Waals surface area contributed by atoms with Crippen LogP contribution in [0.2, 0.25) is 0 Å². The maximum absolute atomic E-state index is 11.4. The van der Waals surface area contributed by atoms with E-state index in [2.05, 4.69) is 4.98 Å². The molecule has 0 amide bonds. The Morgan fingerprint density at radius 2 is 2.25 bits per heavy atom. The first kappa shape index (κ1) is 14.1. The summed E-state index contributed by atoms with van der Waals surface area (Å²) in [7, 11) is 1.75. The fourth-order valence-corrected chi connectivity index (χ4v) is 2.74. The molecule has 0 fully saturated rings. The number of hydrogen-bond acceptors (Lipinski definition) is 6. The summed E-state index contributed by atoms with van der Waals surface area (Å²) in [4.78, 5) is 28.3. The fraction of sp³-hybridized carbons (Fsp3) is 0.231. The van der Waals surface area contributed by atoms with E-state index in [1.54, 1.807) is 18.1 Å². The highest BCUT2D eigenvalue weighted by atomic mass is 32.1. The van der Waals surface area contributed by atoms with Gasteiger partial charge in [-0.05, 0) is 19.1 Å². The lowest BCUT2D eigenvalue weighted by Crippen LogP contribution is -2.16. The zero-order chi connectivity index (χ0) is 14.7. The molecule has 0 bridgehead atoms. The van der Waals surface area contributed by atoms with Crippen molar-refractivity contribution < 1.29 is 9.72 Å². The lowest BCUT2D eigenvalue weighted by Gasteiger charge is -2.15. The van der Waals surface area contributed by atoms with Crippen LogP contribution < -0.4 is 4.90 Å². The van der Waals surface area contributed by atoms with Crippen LogP contribution in [-0.4, -0.2) is 22.7 Å². The Morgan fingerprint density at radius 3 is 2.80 bits per heavy atom. The minimum atomic E-state index is -0.465. The Hall–Kier alpha value is -2.28. The number of aromatic nitrogens is 1. The first-order valence-corrected chi connectivity index (χ1v) is 6.71. The summed E-state index contributed by atoms with van der Waals surface area (Å²) in [6.45, 7) is 1.84. The van der Waals surface area contributed by atoms with Crippen LogP contribution in [0.15, 0.2) is 30.5 Å². The molecule has 20 heavy (non-hydrogen) atoms. The van der Waals surface area contributed by atoms with Crippen LogP contribution in [-0.2, 0) is 6.54 Å². The van der Waals surface area contributed by atoms with E-state index in [1.807, 2.05) is 18.2 Å². The predicted octanol–water partition coefficient (Wildman–Crippen LogP) is 2.89. The third-order valence-electron chi connectivity index (χ3n) is 2.71. The standard InChI is InChI=1S/C13H13N3O3S/c1-9(17)12-7-11(16(18)19)13(20-12)15(2)8-10-5-3-4-6-14-10/h3-7H,8H2,1-2H3. The lowest BCUT2D eigenvalue weighted by molar-refractivity contribution is -0.383. The van der Waals surface area contributed by atoms with Crippen LogP contribution in [0.4, 0.5) is 10.7 Å². The van der Waals surface area contributed by atoms with Crippen molar-refractivity contribution in [2.45, 2.75) is 13.5 Å². The summed E-state index contributed by atoms with van der Waals surface area (Å²) < 4.78 is 0. The number of nitrogens with zero attached hydrogens (tertiary/aromatic N) is 3. The van der Waals surface area contributed by atoms with Crippen molar-refractivity contribution in [1.29, 1.82) is 0 Å². The molecule has 0 radical (unpaired) electrons. The number of nitro groups is 1. The number of hydrogen-bond donors (Lipinski definition) is 0. The van der Waals surface area contributed by atoms with Gasteiger partial charge in [-0.25, -0.2) is 0 Å². The van der Waals surface area contributed by atoms with E-state index >= 15 is 0 Å². The molecule has 0 N–H and O–H groups in total. The molecule has 0 saturated carbocycles. The number of thiophene rings is 1. The van der Waals surface area contributed by atoms with E-state index in [1.165, 1.54) is 13.0 Å². The van der Waals surface area contributed by atoms with Crippen molar-refractivity contribution in [3.63, 3.8) is 0 Å². The summed E-state index contributed by atoms with van der Waals surface area (Å²) in [5.74, 6) is -0.171. The van der Waals surface area contributed by atoms with Gasteiger partial charge in [0.2, 0.25) is 0 Å². The zero-order valence-electron chi connectivity index (χ0n) is 11.1. The quantitative estimate of drug-likeness (QED) is 0.481. The molecule has 2 aromatic heterocycles. The maximum Gasteiger partial charge on any atom is 0.304 e. The predicted molar refractivity (Wildman–Crippen MR) is 77.3 cm³/mol. The molecule has 0 aromatic carbocycles. The van der Waals surface area contributed by atoms with Gasteiger partial charge in [-0.1, -0.05) is 6.07 Å². The number of rotatable bonds is 5. The van der Waals surface area contributed by atoms with Crippen molar-refractivity contribution in [2.24, 2.45) is 0 Å². The largest absolute Gasteiger partial charge is 0.355 e. The molecule has 0 aliphatic rings. The molecule has 7 heteroatoms. The number of Topliss-reactive ketones (excluding diaryl/α,β-unsaturated/α-hetero) is 1. The highest BCUT2D eigenvalue weighted by molar-refractivity contribution is 7.18. The van der Waals surface area contributed by atoms with Crippen molar-refractivity contribution >= 4 is 27.8 Å². The normalized spacial score (nSPS) is 10.3. The van der Waals surface area contributed by atoms with E-state index in [4.69, 9.17) is 0 Å². The van der Waals surface area contributed by atoms with Crippen molar-refractivity contribution in [2.75, 3.05) is 11.9 Å². The van der Waals surface area contributed by atoms with Gasteiger partial charge in [0.15, 0.2) is 10.8 Å². The van der Waals surface area contributed by atoms with Crippen molar-refractivity contribution in [3.8, 4) is 0 Å². The molecule has 104 valence electrons. The summed E-state index contributed by atoms with van der Waals surface area (Å²) in [5.41, 5.74) is 0.765. The Labute approximate surface area is 119 Å². The second-order valence-corrected chi connectivity index (χ2v) is 5.32. The number of carbonyl (C=O) groups excluding carboxylic acids is 1. The van der Waals surface area contributed by atoms with Gasteiger partial charge in [0.25, 0.3) is 0 Å². The number of pyridine rings is 1. The van der Waals surface area contributed by atoms with E-state index in [0.717, 1.165) is 17.0 Å². The Bertz CT molecular complexity index is 640. The van der Waals surface area contributed by atoms with Gasteiger partial charge in [-0.3, -0.25) is 19.9 Å². The van der Waals surface area contributed by atoms with Crippen molar-refractivity contribution in [3.05, 3.63) is 51.1 Å². The number of anilines is 1. The first-order chi connectivity index (χ1) is 9.49. The molecular formula is C13H13N3O3S. The Morgan fingerprint density at radius 1 is 1.50 bits per heavy atom. The summed E-state index contributed by atoms with van der Waals surface area (Å²) in [6.07, 6.45) is 1.67. The van der Waals surface area contributed by atoms with Crippen molar-refractivity contribution in [1.82, 2.24) is 4.98 Å². The van der Waals surface area contributed by atoms with Gasteiger partial charge in [0, 0.05) is 19.3 Å². The monoisotopic (exact) mass is 291 g/mol. The molecule has 0 aliphatic heterocycles. The Balaban J connectivity index is 2.31. The molecule has 2 heterocycles. The second-order valence-electron chi connectivity index (χ2n) is 4.29. The van der Waals surface area contributed by atoms with Gasteiger partial charge in [0.05, 0.1) is 22.0 Å². The first-order valence-electron chi connectivity index (χ1n) is 5.89. The van der Waals surface area contributed by atoms with E-state index in [0.29, 0.717) is 16.4 Å². The SMILES string of the molecule is CC(=O)c1cc([N+](=O)[O-])c(N(C)Cc2ccccn2)s1. The highest BCUT2D eigenvalue weighted by Gasteiger charge is 2.23.